The van der Waals surface area contributed by atoms with Gasteiger partial charge in [0, 0.05) is 20.0 Å². The van der Waals surface area contributed by atoms with Crippen LogP contribution in [0.25, 0.3) is 10.9 Å². The Bertz CT molecular complexity index is 1250. The zero-order valence-electron chi connectivity index (χ0n) is 17.1. The summed E-state index contributed by atoms with van der Waals surface area (Å²) in [6, 6.07) is 11.9. The Morgan fingerprint density at radius 3 is 2.60 bits per heavy atom. The number of hydrogen-bond donors (Lipinski definition) is 2. The smallest absolute Gasteiger partial charge is 0.258 e. The summed E-state index contributed by atoms with van der Waals surface area (Å²) in [5.74, 6) is 0.0962. The van der Waals surface area contributed by atoms with Gasteiger partial charge in [0.05, 0.1) is 22.3 Å². The lowest BCUT2D eigenvalue weighted by Gasteiger charge is -2.17. The first-order chi connectivity index (χ1) is 14.2. The van der Waals surface area contributed by atoms with Crippen molar-refractivity contribution in [2.75, 3.05) is 13.6 Å². The van der Waals surface area contributed by atoms with Crippen LogP contribution in [0.5, 0.6) is 0 Å². The van der Waals surface area contributed by atoms with Crippen LogP contribution in [0.2, 0.25) is 0 Å². The number of amides is 1. The highest BCUT2D eigenvalue weighted by atomic mass is 32.2. The van der Waals surface area contributed by atoms with Crippen molar-refractivity contribution in [1.82, 2.24) is 19.6 Å². The van der Waals surface area contributed by atoms with E-state index in [1.807, 2.05) is 13.8 Å². The summed E-state index contributed by atoms with van der Waals surface area (Å²) in [4.78, 5) is 33.1. The average molecular weight is 429 g/mol. The first kappa shape index (κ1) is 21.7. The molecule has 0 fully saturated rings. The molecule has 0 aliphatic rings. The van der Waals surface area contributed by atoms with Crippen molar-refractivity contribution in [3.63, 3.8) is 0 Å². The second-order valence-electron chi connectivity index (χ2n) is 7.17. The lowest BCUT2D eigenvalue weighted by Crippen LogP contribution is -2.32. The van der Waals surface area contributed by atoms with Gasteiger partial charge < -0.3 is 9.88 Å². The molecule has 9 heteroatoms. The van der Waals surface area contributed by atoms with Gasteiger partial charge in [-0.3, -0.25) is 9.59 Å². The minimum Gasteiger partial charge on any atom is -0.338 e. The number of para-hydroxylation sites is 1. The molecular formula is C21H24N4O4S. The number of rotatable bonds is 7. The molecule has 3 rings (SSSR count). The predicted octanol–water partition coefficient (Wildman–Crippen LogP) is 1.87. The molecule has 8 nitrogen and oxygen atoms in total. The first-order valence-corrected chi connectivity index (χ1v) is 10.9. The maximum Gasteiger partial charge on any atom is 0.258 e. The van der Waals surface area contributed by atoms with Crippen LogP contribution in [0.1, 0.15) is 23.4 Å². The Hall–Kier alpha value is -3.04. The minimum absolute atomic E-state index is 0.0155. The van der Waals surface area contributed by atoms with Gasteiger partial charge >= 0.3 is 0 Å². The maximum atomic E-state index is 12.4. The number of aromatic nitrogens is 2. The number of carbonyl (C=O) groups excluding carboxylic acids is 1. The molecule has 2 N–H and O–H groups in total. The van der Waals surface area contributed by atoms with E-state index >= 15 is 0 Å². The zero-order chi connectivity index (χ0) is 21.9. The van der Waals surface area contributed by atoms with Crippen molar-refractivity contribution in [2.45, 2.75) is 31.7 Å². The molecule has 1 aromatic heterocycles. The van der Waals surface area contributed by atoms with Gasteiger partial charge in [0.25, 0.3) is 5.56 Å². The van der Waals surface area contributed by atoms with Crippen LogP contribution in [-0.4, -0.2) is 42.8 Å². The van der Waals surface area contributed by atoms with Crippen LogP contribution in [0, 0.1) is 13.8 Å². The SMILES string of the molecule is Cc1ccc(S(=O)(=O)NCCC(=O)N(C)Cc2nc3ccccc3c(=O)[nH]2)cc1C. The normalized spacial score (nSPS) is 11.6. The summed E-state index contributed by atoms with van der Waals surface area (Å²) in [5, 5.41) is 0.482. The van der Waals surface area contributed by atoms with Crippen molar-refractivity contribution < 1.29 is 13.2 Å². The summed E-state index contributed by atoms with van der Waals surface area (Å²) in [6.45, 7) is 3.84. The van der Waals surface area contributed by atoms with Crippen LogP contribution in [0.4, 0.5) is 0 Å². The summed E-state index contributed by atoms with van der Waals surface area (Å²) >= 11 is 0. The van der Waals surface area contributed by atoms with Gasteiger partial charge in [-0.05, 0) is 49.2 Å². The quantitative estimate of drug-likeness (QED) is 0.597. The van der Waals surface area contributed by atoms with Crippen LogP contribution < -0.4 is 10.3 Å². The van der Waals surface area contributed by atoms with Crippen molar-refractivity contribution in [3.05, 3.63) is 69.8 Å². The fourth-order valence-corrected chi connectivity index (χ4v) is 4.09. The number of carbonyl (C=O) groups is 1. The van der Waals surface area contributed by atoms with Crippen molar-refractivity contribution in [2.24, 2.45) is 0 Å². The highest BCUT2D eigenvalue weighted by Gasteiger charge is 2.17. The zero-order valence-corrected chi connectivity index (χ0v) is 17.9. The fourth-order valence-electron chi connectivity index (χ4n) is 2.97. The van der Waals surface area contributed by atoms with E-state index in [-0.39, 0.29) is 35.9 Å². The van der Waals surface area contributed by atoms with Gasteiger partial charge in [0.15, 0.2) is 0 Å². The van der Waals surface area contributed by atoms with E-state index < -0.39 is 10.0 Å². The molecule has 0 unspecified atom stereocenters. The van der Waals surface area contributed by atoms with Crippen molar-refractivity contribution in [1.29, 1.82) is 0 Å². The number of nitrogens with zero attached hydrogens (tertiary/aromatic N) is 2. The van der Waals surface area contributed by atoms with Crippen LogP contribution in [0.3, 0.4) is 0 Å². The Morgan fingerprint density at radius 1 is 1.13 bits per heavy atom. The molecule has 0 aliphatic carbocycles. The van der Waals surface area contributed by atoms with E-state index in [4.69, 9.17) is 0 Å². The fraction of sp³-hybridized carbons (Fsp3) is 0.286. The molecule has 3 aromatic rings. The molecule has 2 aromatic carbocycles. The molecule has 1 amide bonds. The van der Waals surface area contributed by atoms with E-state index in [1.165, 1.54) is 4.90 Å². The molecule has 30 heavy (non-hydrogen) atoms. The van der Waals surface area contributed by atoms with Gasteiger partial charge in [-0.25, -0.2) is 18.1 Å². The molecule has 0 bridgehead atoms. The van der Waals surface area contributed by atoms with Gasteiger partial charge in [-0.15, -0.1) is 0 Å². The average Bonchev–Trinajstić information content (AvgIpc) is 2.69. The highest BCUT2D eigenvalue weighted by molar-refractivity contribution is 7.89. The molecule has 1 heterocycles. The van der Waals surface area contributed by atoms with E-state index in [1.54, 1.807) is 49.5 Å². The lowest BCUT2D eigenvalue weighted by atomic mass is 10.1. The van der Waals surface area contributed by atoms with Gasteiger partial charge in [0.2, 0.25) is 15.9 Å². The molecule has 0 saturated heterocycles. The summed E-state index contributed by atoms with van der Waals surface area (Å²) in [7, 11) is -2.11. The number of nitrogens with one attached hydrogen (secondary N) is 2. The third-order valence-corrected chi connectivity index (χ3v) is 6.35. The molecular weight excluding hydrogens is 404 g/mol. The molecule has 0 spiro atoms. The summed E-state index contributed by atoms with van der Waals surface area (Å²) in [6.07, 6.45) is -0.0155. The molecule has 0 saturated carbocycles. The van der Waals surface area contributed by atoms with Crippen LogP contribution >= 0.6 is 0 Å². The second kappa shape index (κ2) is 8.76. The standard InChI is InChI=1S/C21H24N4O4S/c1-14-8-9-16(12-15(14)2)30(28,29)22-11-10-20(26)25(3)13-19-23-18-7-5-4-6-17(18)21(27)24-19/h4-9,12,22H,10-11,13H2,1-3H3,(H,23,24,27). The Morgan fingerprint density at radius 2 is 1.87 bits per heavy atom. The van der Waals surface area contributed by atoms with Crippen molar-refractivity contribution >= 4 is 26.8 Å². The summed E-state index contributed by atoms with van der Waals surface area (Å²) in [5.41, 5.74) is 2.17. The maximum absolute atomic E-state index is 12.4. The van der Waals surface area contributed by atoms with Gasteiger partial charge in [-0.2, -0.15) is 0 Å². The topological polar surface area (TPSA) is 112 Å². The number of sulfonamides is 1. The number of aryl methyl sites for hydroxylation is 2. The molecule has 0 aliphatic heterocycles. The molecule has 0 atom stereocenters. The second-order valence-corrected chi connectivity index (χ2v) is 8.94. The highest BCUT2D eigenvalue weighted by Crippen LogP contribution is 2.14. The molecule has 158 valence electrons. The molecule has 0 radical (unpaired) electrons. The third-order valence-electron chi connectivity index (χ3n) is 4.89. The number of H-pyrrole nitrogens is 1. The number of fused-ring (bicyclic) bond motifs is 1. The van der Waals surface area contributed by atoms with E-state index in [0.29, 0.717) is 16.7 Å². The Balaban J connectivity index is 1.59. The van der Waals surface area contributed by atoms with Crippen LogP contribution in [-0.2, 0) is 21.4 Å². The third kappa shape index (κ3) is 4.92. The predicted molar refractivity (Wildman–Crippen MR) is 115 cm³/mol. The largest absolute Gasteiger partial charge is 0.338 e. The Labute approximate surface area is 175 Å². The lowest BCUT2D eigenvalue weighted by molar-refractivity contribution is -0.130. The first-order valence-electron chi connectivity index (χ1n) is 9.46. The van der Waals surface area contributed by atoms with Crippen molar-refractivity contribution in [3.8, 4) is 0 Å². The van der Waals surface area contributed by atoms with E-state index in [0.717, 1.165) is 11.1 Å². The minimum atomic E-state index is -3.69. The number of hydrogen-bond acceptors (Lipinski definition) is 5. The summed E-state index contributed by atoms with van der Waals surface area (Å²) < 4.78 is 27.3. The Kier molecular flexibility index (Phi) is 6.33. The van der Waals surface area contributed by atoms with Crippen LogP contribution in [0.15, 0.2) is 52.2 Å². The number of aromatic amines is 1. The van der Waals surface area contributed by atoms with Gasteiger partial charge in [0.1, 0.15) is 5.82 Å². The van der Waals surface area contributed by atoms with E-state index in [2.05, 4.69) is 14.7 Å². The number of benzene rings is 2. The monoisotopic (exact) mass is 428 g/mol. The van der Waals surface area contributed by atoms with E-state index in [9.17, 15) is 18.0 Å². The van der Waals surface area contributed by atoms with Gasteiger partial charge in [-0.1, -0.05) is 18.2 Å².